The van der Waals surface area contributed by atoms with Crippen molar-refractivity contribution < 1.29 is 9.18 Å². The molecule has 18 heavy (non-hydrogen) atoms. The third-order valence-corrected chi connectivity index (χ3v) is 3.17. The highest BCUT2D eigenvalue weighted by Gasteiger charge is 2.24. The zero-order chi connectivity index (χ0) is 12.5. The minimum atomic E-state index is -0.297. The van der Waals surface area contributed by atoms with E-state index in [2.05, 4.69) is 0 Å². The third kappa shape index (κ3) is 1.76. The average molecular weight is 238 g/mol. The van der Waals surface area contributed by atoms with Gasteiger partial charge in [0.05, 0.1) is 0 Å². The molecule has 1 aliphatic carbocycles. The van der Waals surface area contributed by atoms with Crippen LogP contribution in [0.2, 0.25) is 0 Å². The second-order valence-corrected chi connectivity index (χ2v) is 4.35. The molecule has 0 radical (unpaired) electrons. The highest BCUT2D eigenvalue weighted by atomic mass is 19.1. The van der Waals surface area contributed by atoms with Gasteiger partial charge in [0.25, 0.3) is 0 Å². The molecule has 1 aliphatic rings. The van der Waals surface area contributed by atoms with Crippen molar-refractivity contribution >= 4 is 11.9 Å². The van der Waals surface area contributed by atoms with Crippen molar-refractivity contribution in [3.8, 4) is 0 Å². The van der Waals surface area contributed by atoms with Gasteiger partial charge in [0.15, 0.2) is 5.78 Å². The quantitative estimate of drug-likeness (QED) is 0.693. The molecule has 0 aliphatic heterocycles. The van der Waals surface area contributed by atoms with Gasteiger partial charge in [-0.05, 0) is 17.7 Å². The number of ketones is 1. The van der Waals surface area contributed by atoms with Crippen molar-refractivity contribution in [2.75, 3.05) is 0 Å². The minimum Gasteiger partial charge on any atom is -0.289 e. The van der Waals surface area contributed by atoms with Crippen molar-refractivity contribution in [1.82, 2.24) is 0 Å². The molecule has 3 rings (SSSR count). The Morgan fingerprint density at radius 1 is 1.00 bits per heavy atom. The molecule has 0 aromatic heterocycles. The van der Waals surface area contributed by atoms with Crippen molar-refractivity contribution in [2.24, 2.45) is 0 Å². The molecule has 0 spiro atoms. The fraction of sp³-hybridized carbons (Fsp3) is 0.0625. The standard InChI is InChI=1S/C16H11FO/c17-15-8-4-2-6-12(15)10-13-9-11-5-1-3-7-14(11)16(13)18/h1-8,10H,9H2/b13-10-. The van der Waals surface area contributed by atoms with Crippen LogP contribution in [0.3, 0.4) is 0 Å². The Kier molecular flexibility index (Phi) is 2.56. The maximum absolute atomic E-state index is 13.5. The first-order valence-electron chi connectivity index (χ1n) is 5.83. The number of hydrogen-bond acceptors (Lipinski definition) is 1. The van der Waals surface area contributed by atoms with E-state index in [1.165, 1.54) is 6.07 Å². The summed E-state index contributed by atoms with van der Waals surface area (Å²) < 4.78 is 13.5. The normalized spacial score (nSPS) is 16.1. The summed E-state index contributed by atoms with van der Waals surface area (Å²) in [6, 6.07) is 14.0. The maximum Gasteiger partial charge on any atom is 0.189 e. The smallest absolute Gasteiger partial charge is 0.189 e. The largest absolute Gasteiger partial charge is 0.289 e. The highest BCUT2D eigenvalue weighted by Crippen LogP contribution is 2.27. The van der Waals surface area contributed by atoms with Crippen LogP contribution in [0.15, 0.2) is 54.1 Å². The van der Waals surface area contributed by atoms with E-state index in [1.54, 1.807) is 24.3 Å². The van der Waals surface area contributed by atoms with E-state index in [0.29, 0.717) is 17.6 Å². The maximum atomic E-state index is 13.5. The zero-order valence-corrected chi connectivity index (χ0v) is 9.69. The van der Waals surface area contributed by atoms with E-state index in [9.17, 15) is 9.18 Å². The molecule has 2 heteroatoms. The molecular formula is C16H11FO. The van der Waals surface area contributed by atoms with E-state index in [-0.39, 0.29) is 11.6 Å². The summed E-state index contributed by atoms with van der Waals surface area (Å²) in [6.07, 6.45) is 2.24. The van der Waals surface area contributed by atoms with Gasteiger partial charge < -0.3 is 0 Å². The molecule has 0 heterocycles. The topological polar surface area (TPSA) is 17.1 Å². The lowest BCUT2D eigenvalue weighted by atomic mass is 10.1. The monoisotopic (exact) mass is 238 g/mol. The Balaban J connectivity index is 2.02. The number of benzene rings is 2. The fourth-order valence-corrected chi connectivity index (χ4v) is 2.25. The summed E-state index contributed by atoms with van der Waals surface area (Å²) in [5.41, 5.74) is 2.88. The Morgan fingerprint density at radius 3 is 2.50 bits per heavy atom. The Bertz CT molecular complexity index is 656. The second kappa shape index (κ2) is 4.22. The molecule has 0 bridgehead atoms. The Hall–Kier alpha value is -2.22. The van der Waals surface area contributed by atoms with Crippen LogP contribution in [-0.4, -0.2) is 5.78 Å². The van der Waals surface area contributed by atoms with Gasteiger partial charge in [0.2, 0.25) is 0 Å². The van der Waals surface area contributed by atoms with Crippen molar-refractivity contribution in [3.05, 3.63) is 76.6 Å². The van der Waals surface area contributed by atoms with Crippen LogP contribution in [0.25, 0.3) is 6.08 Å². The van der Waals surface area contributed by atoms with Crippen LogP contribution in [0.1, 0.15) is 21.5 Å². The SMILES string of the molecule is O=C1/C(=C\c2ccccc2F)Cc2ccccc21. The molecule has 2 aromatic rings. The number of allylic oxidation sites excluding steroid dienone is 1. The lowest BCUT2D eigenvalue weighted by Crippen LogP contribution is -1.95. The molecule has 0 amide bonds. The number of halogens is 1. The zero-order valence-electron chi connectivity index (χ0n) is 9.69. The summed E-state index contributed by atoms with van der Waals surface area (Å²) in [4.78, 5) is 12.1. The Labute approximate surface area is 105 Å². The summed E-state index contributed by atoms with van der Waals surface area (Å²) >= 11 is 0. The van der Waals surface area contributed by atoms with Gasteiger partial charge in [-0.3, -0.25) is 4.79 Å². The van der Waals surface area contributed by atoms with Gasteiger partial charge in [0, 0.05) is 23.1 Å². The summed E-state index contributed by atoms with van der Waals surface area (Å²) in [7, 11) is 0. The summed E-state index contributed by atoms with van der Waals surface area (Å²) in [6.45, 7) is 0. The van der Waals surface area contributed by atoms with Crippen molar-refractivity contribution in [2.45, 2.75) is 6.42 Å². The number of hydrogen-bond donors (Lipinski definition) is 0. The number of fused-ring (bicyclic) bond motifs is 1. The molecule has 0 atom stereocenters. The van der Waals surface area contributed by atoms with E-state index < -0.39 is 0 Å². The lowest BCUT2D eigenvalue weighted by molar-refractivity contribution is 0.104. The highest BCUT2D eigenvalue weighted by molar-refractivity contribution is 6.15. The second-order valence-electron chi connectivity index (χ2n) is 4.35. The van der Waals surface area contributed by atoms with E-state index in [1.807, 2.05) is 24.3 Å². The number of Topliss-reactive ketones (excluding diaryl/α,β-unsaturated/α-hetero) is 1. The van der Waals surface area contributed by atoms with Crippen LogP contribution >= 0.6 is 0 Å². The summed E-state index contributed by atoms with van der Waals surface area (Å²) in [5, 5.41) is 0. The molecule has 2 aromatic carbocycles. The number of carbonyl (C=O) groups excluding carboxylic acids is 1. The predicted molar refractivity (Wildman–Crippen MR) is 68.9 cm³/mol. The number of carbonyl (C=O) groups is 1. The average Bonchev–Trinajstić information content (AvgIpc) is 2.70. The number of rotatable bonds is 1. The Morgan fingerprint density at radius 2 is 1.72 bits per heavy atom. The van der Waals surface area contributed by atoms with Crippen LogP contribution in [0, 0.1) is 5.82 Å². The van der Waals surface area contributed by atoms with Crippen LogP contribution < -0.4 is 0 Å². The van der Waals surface area contributed by atoms with Crippen molar-refractivity contribution in [1.29, 1.82) is 0 Å². The van der Waals surface area contributed by atoms with Gasteiger partial charge in [-0.1, -0.05) is 42.5 Å². The molecule has 0 unspecified atom stereocenters. The predicted octanol–water partition coefficient (Wildman–Crippen LogP) is 3.65. The third-order valence-electron chi connectivity index (χ3n) is 3.17. The van der Waals surface area contributed by atoms with Gasteiger partial charge in [0.1, 0.15) is 5.82 Å². The van der Waals surface area contributed by atoms with Gasteiger partial charge in [-0.15, -0.1) is 0 Å². The molecule has 0 fully saturated rings. The fourth-order valence-electron chi connectivity index (χ4n) is 2.25. The van der Waals surface area contributed by atoms with Gasteiger partial charge in [-0.2, -0.15) is 0 Å². The van der Waals surface area contributed by atoms with Crippen molar-refractivity contribution in [3.63, 3.8) is 0 Å². The van der Waals surface area contributed by atoms with Crippen LogP contribution in [-0.2, 0) is 6.42 Å². The molecular weight excluding hydrogens is 227 g/mol. The minimum absolute atomic E-state index is 0.00820. The first-order valence-corrected chi connectivity index (χ1v) is 5.83. The molecule has 0 saturated carbocycles. The van der Waals surface area contributed by atoms with E-state index in [4.69, 9.17) is 0 Å². The first-order chi connectivity index (χ1) is 8.75. The first kappa shape index (κ1) is 10.9. The molecule has 0 saturated heterocycles. The van der Waals surface area contributed by atoms with E-state index in [0.717, 1.165) is 11.1 Å². The molecule has 88 valence electrons. The lowest BCUT2D eigenvalue weighted by Gasteiger charge is -1.98. The van der Waals surface area contributed by atoms with Crippen LogP contribution in [0.4, 0.5) is 4.39 Å². The van der Waals surface area contributed by atoms with E-state index >= 15 is 0 Å². The summed E-state index contributed by atoms with van der Waals surface area (Å²) in [5.74, 6) is -0.289. The van der Waals surface area contributed by atoms with Gasteiger partial charge >= 0.3 is 0 Å². The molecule has 1 nitrogen and oxygen atoms in total. The van der Waals surface area contributed by atoms with Crippen LogP contribution in [0.5, 0.6) is 0 Å². The van der Waals surface area contributed by atoms with Gasteiger partial charge in [-0.25, -0.2) is 4.39 Å². The molecule has 0 N–H and O–H groups in total.